The number of methoxy groups -OCH3 is 2. The van der Waals surface area contributed by atoms with Crippen molar-refractivity contribution in [2.45, 2.75) is 44.6 Å². The van der Waals surface area contributed by atoms with Gasteiger partial charge in [-0.3, -0.25) is 4.79 Å². The lowest BCUT2D eigenvalue weighted by atomic mass is 9.96. The number of hydrogen-bond acceptors (Lipinski definition) is 4. The van der Waals surface area contributed by atoms with Crippen molar-refractivity contribution in [3.63, 3.8) is 0 Å². The number of rotatable bonds is 8. The summed E-state index contributed by atoms with van der Waals surface area (Å²) < 4.78 is 10.5. The number of benzene rings is 1. The third kappa shape index (κ3) is 6.46. The lowest BCUT2D eigenvalue weighted by Gasteiger charge is -2.22. The third-order valence-corrected chi connectivity index (χ3v) is 4.53. The fourth-order valence-corrected chi connectivity index (χ4v) is 3.09. The maximum Gasteiger partial charge on any atom is 0.315 e. The van der Waals surface area contributed by atoms with Gasteiger partial charge in [0.25, 0.3) is 0 Å². The molecule has 1 aliphatic rings. The highest BCUT2D eigenvalue weighted by atomic mass is 16.5. The van der Waals surface area contributed by atoms with Gasteiger partial charge in [0.15, 0.2) is 11.5 Å². The second-order valence-electron chi connectivity index (χ2n) is 6.45. The van der Waals surface area contributed by atoms with Gasteiger partial charge in [-0.1, -0.05) is 25.3 Å². The number of amides is 3. The normalized spacial score (nSPS) is 14.4. The van der Waals surface area contributed by atoms with Crippen LogP contribution in [0.1, 0.15) is 37.7 Å². The summed E-state index contributed by atoms with van der Waals surface area (Å²) in [5.74, 6) is 1.13. The molecule has 0 unspecified atom stereocenters. The Morgan fingerprint density at radius 3 is 2.46 bits per heavy atom. The number of nitrogens with one attached hydrogen (secondary N) is 3. The van der Waals surface area contributed by atoms with Crippen molar-refractivity contribution in [3.05, 3.63) is 23.8 Å². The predicted octanol–water partition coefficient (Wildman–Crippen LogP) is 1.99. The lowest BCUT2D eigenvalue weighted by molar-refractivity contribution is -0.120. The van der Waals surface area contributed by atoms with Crippen LogP contribution in [0.4, 0.5) is 4.79 Å². The van der Waals surface area contributed by atoms with E-state index >= 15 is 0 Å². The van der Waals surface area contributed by atoms with E-state index in [-0.39, 0.29) is 24.5 Å². The molecule has 0 atom stereocenters. The van der Waals surface area contributed by atoms with Gasteiger partial charge in [-0.15, -0.1) is 0 Å². The van der Waals surface area contributed by atoms with Crippen molar-refractivity contribution < 1.29 is 19.1 Å². The molecule has 26 heavy (non-hydrogen) atoms. The number of carbonyl (C=O) groups excluding carboxylic acids is 2. The van der Waals surface area contributed by atoms with Crippen molar-refractivity contribution in [2.75, 3.05) is 27.3 Å². The molecule has 0 heterocycles. The van der Waals surface area contributed by atoms with Crippen LogP contribution in [0.3, 0.4) is 0 Å². The van der Waals surface area contributed by atoms with Crippen LogP contribution in [0.15, 0.2) is 18.2 Å². The molecule has 3 amide bonds. The molecule has 1 aromatic rings. The van der Waals surface area contributed by atoms with Crippen LogP contribution < -0.4 is 25.4 Å². The summed E-state index contributed by atoms with van der Waals surface area (Å²) in [6.45, 7) is 0.463. The summed E-state index contributed by atoms with van der Waals surface area (Å²) >= 11 is 0. The fraction of sp³-hybridized carbons (Fsp3) is 0.579. The maximum absolute atomic E-state index is 11.9. The topological polar surface area (TPSA) is 88.7 Å². The minimum Gasteiger partial charge on any atom is -0.493 e. The molecule has 1 aliphatic carbocycles. The SMILES string of the molecule is COc1ccc(CCNC(=O)CNC(=O)NC2CCCCC2)cc1OC. The standard InChI is InChI=1S/C19H29N3O4/c1-25-16-9-8-14(12-17(16)26-2)10-11-20-18(23)13-21-19(24)22-15-6-4-3-5-7-15/h8-9,12,15H,3-7,10-11,13H2,1-2H3,(H,20,23)(H2,21,22,24). The van der Waals surface area contributed by atoms with Gasteiger partial charge in [-0.05, 0) is 37.0 Å². The number of carbonyl (C=O) groups is 2. The van der Waals surface area contributed by atoms with Crippen molar-refractivity contribution in [1.82, 2.24) is 16.0 Å². The Bertz CT molecular complexity index is 600. The third-order valence-electron chi connectivity index (χ3n) is 4.53. The first-order chi connectivity index (χ1) is 12.6. The highest BCUT2D eigenvalue weighted by Gasteiger charge is 2.15. The highest BCUT2D eigenvalue weighted by molar-refractivity contribution is 5.83. The molecule has 7 heteroatoms. The lowest BCUT2D eigenvalue weighted by Crippen LogP contribution is -2.46. The van der Waals surface area contributed by atoms with E-state index in [4.69, 9.17) is 9.47 Å². The minimum absolute atomic E-state index is 0.0233. The van der Waals surface area contributed by atoms with Crippen LogP contribution in [0.25, 0.3) is 0 Å². The first-order valence-electron chi connectivity index (χ1n) is 9.14. The molecule has 1 saturated carbocycles. The molecule has 0 bridgehead atoms. The molecule has 0 aromatic heterocycles. The Balaban J connectivity index is 1.64. The Labute approximate surface area is 154 Å². The molecule has 2 rings (SSSR count). The molecule has 0 saturated heterocycles. The van der Waals surface area contributed by atoms with E-state index in [1.54, 1.807) is 14.2 Å². The molecule has 7 nitrogen and oxygen atoms in total. The quantitative estimate of drug-likeness (QED) is 0.659. The van der Waals surface area contributed by atoms with E-state index in [2.05, 4.69) is 16.0 Å². The number of urea groups is 1. The van der Waals surface area contributed by atoms with E-state index in [9.17, 15) is 9.59 Å². The van der Waals surface area contributed by atoms with Crippen molar-refractivity contribution in [3.8, 4) is 11.5 Å². The van der Waals surface area contributed by atoms with E-state index in [1.165, 1.54) is 6.42 Å². The smallest absolute Gasteiger partial charge is 0.315 e. The summed E-state index contributed by atoms with van der Waals surface area (Å²) in [6, 6.07) is 5.63. The van der Waals surface area contributed by atoms with Gasteiger partial charge in [-0.25, -0.2) is 4.79 Å². The second-order valence-corrected chi connectivity index (χ2v) is 6.45. The summed E-state index contributed by atoms with van der Waals surface area (Å²) in [6.07, 6.45) is 6.25. The van der Waals surface area contributed by atoms with Crippen LogP contribution >= 0.6 is 0 Å². The van der Waals surface area contributed by atoms with Gasteiger partial charge in [0, 0.05) is 12.6 Å². The first-order valence-corrected chi connectivity index (χ1v) is 9.14. The van der Waals surface area contributed by atoms with Crippen molar-refractivity contribution >= 4 is 11.9 Å². The Morgan fingerprint density at radius 1 is 1.04 bits per heavy atom. The van der Waals surface area contributed by atoms with Crippen molar-refractivity contribution in [2.24, 2.45) is 0 Å². The number of hydrogen-bond donors (Lipinski definition) is 3. The average Bonchev–Trinajstić information content (AvgIpc) is 2.67. The molecule has 0 aliphatic heterocycles. The van der Waals surface area contributed by atoms with Gasteiger partial charge in [0.05, 0.1) is 20.8 Å². The summed E-state index contributed by atoms with van der Waals surface area (Å²) in [4.78, 5) is 23.7. The second kappa shape index (κ2) is 10.5. The summed E-state index contributed by atoms with van der Waals surface area (Å²) in [5, 5.41) is 8.34. The Hall–Kier alpha value is -2.44. The minimum atomic E-state index is -0.271. The molecule has 0 spiro atoms. The zero-order valence-corrected chi connectivity index (χ0v) is 15.6. The molecule has 3 N–H and O–H groups in total. The summed E-state index contributed by atoms with van der Waals surface area (Å²) in [5.41, 5.74) is 1.03. The monoisotopic (exact) mass is 363 g/mol. The maximum atomic E-state index is 11.9. The largest absolute Gasteiger partial charge is 0.493 e. The molecular formula is C19H29N3O4. The highest BCUT2D eigenvalue weighted by Crippen LogP contribution is 2.27. The fourth-order valence-electron chi connectivity index (χ4n) is 3.09. The van der Waals surface area contributed by atoms with E-state index in [1.807, 2.05) is 18.2 Å². The molecule has 1 fully saturated rings. The van der Waals surface area contributed by atoms with Crippen LogP contribution in [0, 0.1) is 0 Å². The molecule has 144 valence electrons. The van der Waals surface area contributed by atoms with Gasteiger partial charge in [0.2, 0.25) is 5.91 Å². The van der Waals surface area contributed by atoms with E-state index < -0.39 is 0 Å². The Morgan fingerprint density at radius 2 is 1.77 bits per heavy atom. The molecule has 1 aromatic carbocycles. The van der Waals surface area contributed by atoms with Gasteiger partial charge >= 0.3 is 6.03 Å². The van der Waals surface area contributed by atoms with Gasteiger partial charge < -0.3 is 25.4 Å². The van der Waals surface area contributed by atoms with Crippen LogP contribution in [0.2, 0.25) is 0 Å². The van der Waals surface area contributed by atoms with E-state index in [0.717, 1.165) is 31.2 Å². The zero-order valence-electron chi connectivity index (χ0n) is 15.6. The van der Waals surface area contributed by atoms with Gasteiger partial charge in [-0.2, -0.15) is 0 Å². The first kappa shape index (κ1) is 19.9. The molecule has 0 radical (unpaired) electrons. The van der Waals surface area contributed by atoms with Gasteiger partial charge in [0.1, 0.15) is 0 Å². The van der Waals surface area contributed by atoms with Crippen molar-refractivity contribution in [1.29, 1.82) is 0 Å². The Kier molecular flexibility index (Phi) is 8.05. The van der Waals surface area contributed by atoms with Crippen LogP contribution in [-0.4, -0.2) is 45.3 Å². The van der Waals surface area contributed by atoms with Crippen LogP contribution in [0.5, 0.6) is 11.5 Å². The van der Waals surface area contributed by atoms with E-state index in [0.29, 0.717) is 24.5 Å². The average molecular weight is 363 g/mol. The summed E-state index contributed by atoms with van der Waals surface area (Å²) in [7, 11) is 3.18. The predicted molar refractivity (Wildman–Crippen MR) is 99.7 cm³/mol. The zero-order chi connectivity index (χ0) is 18.8. The molecular weight excluding hydrogens is 334 g/mol. The van der Waals surface area contributed by atoms with Crippen LogP contribution in [-0.2, 0) is 11.2 Å². The number of ether oxygens (including phenoxy) is 2.